The van der Waals surface area contributed by atoms with E-state index in [1.807, 2.05) is 6.92 Å². The van der Waals surface area contributed by atoms with Crippen molar-refractivity contribution in [2.75, 3.05) is 13.2 Å². The van der Waals surface area contributed by atoms with Crippen molar-refractivity contribution in [3.63, 3.8) is 0 Å². The predicted octanol–water partition coefficient (Wildman–Crippen LogP) is 4.61. The molecule has 0 aromatic heterocycles. The van der Waals surface area contributed by atoms with E-state index in [0.717, 1.165) is 12.2 Å². The van der Waals surface area contributed by atoms with Crippen LogP contribution in [0.15, 0.2) is 54.6 Å². The summed E-state index contributed by atoms with van der Waals surface area (Å²) in [6.45, 7) is 12.1. The minimum atomic E-state index is -0.362. The summed E-state index contributed by atoms with van der Waals surface area (Å²) < 4.78 is 0. The molecule has 0 amide bonds. The van der Waals surface area contributed by atoms with Gasteiger partial charge in [0.25, 0.3) is 0 Å². The van der Waals surface area contributed by atoms with Crippen molar-refractivity contribution in [3.05, 3.63) is 65.7 Å². The number of hydrogen-bond acceptors (Lipinski definition) is 2. The Bertz CT molecular complexity index is 735. The summed E-state index contributed by atoms with van der Waals surface area (Å²) in [6.07, 6.45) is 8.84. The number of nitrogens with zero attached hydrogens (tertiary/aromatic N) is 1. The van der Waals surface area contributed by atoms with Crippen LogP contribution in [-0.2, 0) is 16.8 Å². The van der Waals surface area contributed by atoms with Crippen molar-refractivity contribution in [2.45, 2.75) is 85.1 Å². The molecule has 0 heterocycles. The number of benzene rings is 2. The van der Waals surface area contributed by atoms with Gasteiger partial charge in [-0.25, -0.2) is 0 Å². The molecule has 0 aliphatic heterocycles. The van der Waals surface area contributed by atoms with E-state index in [0.29, 0.717) is 13.2 Å². The van der Waals surface area contributed by atoms with Crippen molar-refractivity contribution < 1.29 is 26.9 Å². The van der Waals surface area contributed by atoms with Crippen LogP contribution < -0.4 is 17.2 Å². The Morgan fingerprint density at radius 2 is 1.39 bits per heavy atom. The summed E-state index contributed by atoms with van der Waals surface area (Å²) >= 11 is 0. The highest BCUT2D eigenvalue weighted by Crippen LogP contribution is 2.38. The lowest BCUT2D eigenvalue weighted by molar-refractivity contribution is -1.26. The lowest BCUT2D eigenvalue weighted by atomic mass is 9.93. The summed E-state index contributed by atoms with van der Waals surface area (Å²) in [4.78, 5) is 13.2. The standard InChI is InChI=1S/C27H42NO2.ClH/c1-6-9-10-11-12-14-19-24-20-17-18-23-26(24)30-28(7-2,29-8-3)27(4,5)25-21-15-13-16-22-25;/h13,15-18,20-23H,6-12,14,19H2,1-5H3;1H/q+1;/p-1. The summed E-state index contributed by atoms with van der Waals surface area (Å²) in [7, 11) is 0. The third-order valence-electron chi connectivity index (χ3n) is 6.10. The first-order valence-corrected chi connectivity index (χ1v) is 11.9. The fourth-order valence-electron chi connectivity index (χ4n) is 4.16. The minimum Gasteiger partial charge on any atom is -1.00 e. The molecule has 1 atom stereocenters. The number of unbranched alkanes of at least 4 members (excludes halogenated alkanes) is 5. The molecular formula is C27H42ClNO2. The molecular weight excluding hydrogens is 406 g/mol. The number of rotatable bonds is 14. The van der Waals surface area contributed by atoms with Crippen LogP contribution in [0.2, 0.25) is 0 Å². The Kier molecular flexibility index (Phi) is 12.2. The van der Waals surface area contributed by atoms with Gasteiger partial charge < -0.3 is 12.4 Å². The van der Waals surface area contributed by atoms with Crippen LogP contribution in [0.25, 0.3) is 0 Å². The van der Waals surface area contributed by atoms with E-state index in [4.69, 9.17) is 9.68 Å². The van der Waals surface area contributed by atoms with Gasteiger partial charge in [-0.3, -0.25) is 4.84 Å². The zero-order valence-corrected chi connectivity index (χ0v) is 21.0. The van der Waals surface area contributed by atoms with E-state index in [-0.39, 0.29) is 22.8 Å². The Morgan fingerprint density at radius 1 is 0.774 bits per heavy atom. The van der Waals surface area contributed by atoms with Crippen molar-refractivity contribution >= 4 is 0 Å². The van der Waals surface area contributed by atoms with Crippen molar-refractivity contribution in [2.24, 2.45) is 0 Å². The van der Waals surface area contributed by atoms with Crippen LogP contribution in [0.5, 0.6) is 5.75 Å². The summed E-state index contributed by atoms with van der Waals surface area (Å²) in [5.74, 6) is 0.936. The smallest absolute Gasteiger partial charge is 0.197 e. The fraction of sp³-hybridized carbons (Fsp3) is 0.556. The molecule has 2 aromatic carbocycles. The predicted molar refractivity (Wildman–Crippen MR) is 126 cm³/mol. The first kappa shape index (κ1) is 27.5. The first-order chi connectivity index (χ1) is 14.5. The molecule has 2 aromatic rings. The van der Waals surface area contributed by atoms with Gasteiger partial charge in [0.05, 0.1) is 0 Å². The highest BCUT2D eigenvalue weighted by atomic mass is 35.5. The van der Waals surface area contributed by atoms with Gasteiger partial charge in [-0.2, -0.15) is 4.84 Å². The van der Waals surface area contributed by atoms with Crippen molar-refractivity contribution in [1.29, 1.82) is 0 Å². The van der Waals surface area contributed by atoms with Crippen molar-refractivity contribution in [1.82, 2.24) is 0 Å². The number of quaternary nitrogens is 1. The molecule has 0 bridgehead atoms. The molecule has 31 heavy (non-hydrogen) atoms. The average Bonchev–Trinajstić information content (AvgIpc) is 2.77. The monoisotopic (exact) mass is 447 g/mol. The normalized spacial score (nSPS) is 13.3. The van der Waals surface area contributed by atoms with Gasteiger partial charge in [0, 0.05) is 29.8 Å². The summed E-state index contributed by atoms with van der Waals surface area (Å²) in [5.41, 5.74) is 2.11. The van der Waals surface area contributed by atoms with Gasteiger partial charge >= 0.3 is 0 Å². The molecule has 0 aliphatic rings. The first-order valence-electron chi connectivity index (χ1n) is 11.9. The average molecular weight is 448 g/mol. The van der Waals surface area contributed by atoms with E-state index in [9.17, 15) is 0 Å². The largest absolute Gasteiger partial charge is 1.00 e. The van der Waals surface area contributed by atoms with E-state index in [1.165, 1.54) is 49.7 Å². The third kappa shape index (κ3) is 7.24. The molecule has 4 heteroatoms. The quantitative estimate of drug-likeness (QED) is 0.239. The Balaban J connectivity index is 0.00000480. The Hall–Kier alpha value is -1.55. The third-order valence-corrected chi connectivity index (χ3v) is 6.10. The zero-order chi connectivity index (χ0) is 21.9. The molecule has 1 unspecified atom stereocenters. The van der Waals surface area contributed by atoms with E-state index in [1.54, 1.807) is 0 Å². The topological polar surface area (TPSA) is 18.5 Å². The molecule has 0 spiro atoms. The molecule has 0 saturated carbocycles. The second kappa shape index (κ2) is 13.8. The van der Waals surface area contributed by atoms with Crippen LogP contribution in [0.4, 0.5) is 0 Å². The molecule has 2 rings (SSSR count). The maximum atomic E-state index is 6.75. The number of hydroxylamine groups is 4. The van der Waals surface area contributed by atoms with Gasteiger partial charge in [-0.1, -0.05) is 87.6 Å². The highest BCUT2D eigenvalue weighted by Gasteiger charge is 2.50. The number of aryl methyl sites for hydroxylation is 1. The summed E-state index contributed by atoms with van der Waals surface area (Å²) in [5, 5.41) is 0. The molecule has 0 N–H and O–H groups in total. The fourth-order valence-corrected chi connectivity index (χ4v) is 4.16. The van der Waals surface area contributed by atoms with Crippen LogP contribution in [-0.4, -0.2) is 18.0 Å². The Labute approximate surface area is 196 Å². The van der Waals surface area contributed by atoms with Gasteiger partial charge in [-0.05, 0) is 32.8 Å². The van der Waals surface area contributed by atoms with E-state index < -0.39 is 0 Å². The maximum absolute atomic E-state index is 6.75. The van der Waals surface area contributed by atoms with Crippen LogP contribution >= 0.6 is 0 Å². The lowest BCUT2D eigenvalue weighted by Gasteiger charge is -2.43. The van der Waals surface area contributed by atoms with Gasteiger partial charge in [0.1, 0.15) is 13.2 Å². The molecule has 0 saturated heterocycles. The molecule has 174 valence electrons. The van der Waals surface area contributed by atoms with Crippen LogP contribution in [0.1, 0.15) is 84.3 Å². The van der Waals surface area contributed by atoms with E-state index >= 15 is 0 Å². The van der Waals surface area contributed by atoms with Gasteiger partial charge in [-0.15, -0.1) is 0 Å². The highest BCUT2D eigenvalue weighted by molar-refractivity contribution is 5.33. The number of hydrogen-bond donors (Lipinski definition) is 0. The second-order valence-corrected chi connectivity index (χ2v) is 8.55. The maximum Gasteiger partial charge on any atom is 0.197 e. The lowest BCUT2D eigenvalue weighted by Crippen LogP contribution is -3.00. The molecule has 0 fully saturated rings. The molecule has 3 nitrogen and oxygen atoms in total. The minimum absolute atomic E-state index is 0. The zero-order valence-electron chi connectivity index (χ0n) is 20.2. The van der Waals surface area contributed by atoms with Crippen molar-refractivity contribution in [3.8, 4) is 5.75 Å². The van der Waals surface area contributed by atoms with Crippen LogP contribution in [0.3, 0.4) is 0 Å². The van der Waals surface area contributed by atoms with E-state index in [2.05, 4.69) is 82.3 Å². The Morgan fingerprint density at radius 3 is 2.03 bits per heavy atom. The molecule has 0 aliphatic carbocycles. The van der Waals surface area contributed by atoms with Crippen LogP contribution in [0, 0.1) is 0 Å². The molecule has 0 radical (unpaired) electrons. The second-order valence-electron chi connectivity index (χ2n) is 8.55. The van der Waals surface area contributed by atoms with Gasteiger partial charge in [0.2, 0.25) is 0 Å². The number of halogens is 1. The van der Waals surface area contributed by atoms with Gasteiger partial charge in [0.15, 0.2) is 11.3 Å². The summed E-state index contributed by atoms with van der Waals surface area (Å²) in [6, 6.07) is 19.0. The number of para-hydroxylation sites is 1. The SMILES string of the molecule is CCCCCCCCc1ccccc1O[N+](CC)(OCC)C(C)(C)c1ccccc1.[Cl-].